The second-order valence-corrected chi connectivity index (χ2v) is 5.11. The van der Waals surface area contributed by atoms with E-state index in [4.69, 9.17) is 0 Å². The van der Waals surface area contributed by atoms with Crippen LogP contribution in [-0.2, 0) is 4.79 Å². The van der Waals surface area contributed by atoms with E-state index in [0.29, 0.717) is 0 Å². The molecule has 1 rings (SSSR count). The Labute approximate surface area is 104 Å². The fourth-order valence-electron chi connectivity index (χ4n) is 2.19. The van der Waals surface area contributed by atoms with E-state index < -0.39 is 5.54 Å². The molecule has 1 fully saturated rings. The van der Waals surface area contributed by atoms with Gasteiger partial charge in [-0.15, -0.1) is 0 Å². The van der Waals surface area contributed by atoms with E-state index in [2.05, 4.69) is 17.6 Å². The lowest BCUT2D eigenvalue weighted by Gasteiger charge is -2.19. The van der Waals surface area contributed by atoms with Crippen LogP contribution in [-0.4, -0.2) is 17.5 Å². The number of imide groups is 1. The van der Waals surface area contributed by atoms with Crippen LogP contribution >= 0.6 is 0 Å². The van der Waals surface area contributed by atoms with Crippen LogP contribution in [0.4, 0.5) is 4.79 Å². The van der Waals surface area contributed by atoms with Gasteiger partial charge < -0.3 is 5.32 Å². The van der Waals surface area contributed by atoms with Crippen molar-refractivity contribution in [2.24, 2.45) is 0 Å². The van der Waals surface area contributed by atoms with Crippen LogP contribution in [0.2, 0.25) is 0 Å². The number of carbonyl (C=O) groups excluding carboxylic acids is 2. The molecule has 0 radical (unpaired) electrons. The standard InChI is InChI=1S/C13H24N2O2/c1-3-4-5-6-7-8-9-10-13(2)11(16)14-12(17)15-13/h3-10H2,1-2H3,(H2,14,15,16,17)/t13-/m0/s1. The quantitative estimate of drug-likeness (QED) is 0.506. The van der Waals surface area contributed by atoms with E-state index >= 15 is 0 Å². The van der Waals surface area contributed by atoms with E-state index in [0.717, 1.165) is 19.3 Å². The van der Waals surface area contributed by atoms with E-state index in [1.165, 1.54) is 32.1 Å². The number of hydrogen-bond donors (Lipinski definition) is 2. The molecule has 0 aromatic rings. The zero-order valence-electron chi connectivity index (χ0n) is 11.0. The molecule has 0 aliphatic carbocycles. The molecule has 0 spiro atoms. The first-order valence-electron chi connectivity index (χ1n) is 6.72. The molecule has 0 saturated carbocycles. The molecule has 1 aliphatic heterocycles. The normalized spacial score (nSPS) is 23.6. The number of carbonyl (C=O) groups is 2. The van der Waals surface area contributed by atoms with Crippen LogP contribution in [0.3, 0.4) is 0 Å². The second-order valence-electron chi connectivity index (χ2n) is 5.11. The van der Waals surface area contributed by atoms with Crippen LogP contribution < -0.4 is 10.6 Å². The smallest absolute Gasteiger partial charge is 0.322 e. The molecule has 0 unspecified atom stereocenters. The number of unbranched alkanes of at least 4 members (excludes halogenated alkanes) is 6. The molecule has 4 nitrogen and oxygen atoms in total. The summed E-state index contributed by atoms with van der Waals surface area (Å²) in [6.07, 6.45) is 9.28. The first-order chi connectivity index (χ1) is 8.08. The highest BCUT2D eigenvalue weighted by atomic mass is 16.2. The predicted octanol–water partition coefficient (Wildman–Crippen LogP) is 2.73. The molecular formula is C13H24N2O2. The second kappa shape index (κ2) is 6.62. The largest absolute Gasteiger partial charge is 0.324 e. The number of nitrogens with one attached hydrogen (secondary N) is 2. The molecule has 1 heterocycles. The van der Waals surface area contributed by atoms with Crippen molar-refractivity contribution >= 4 is 11.9 Å². The maximum Gasteiger partial charge on any atom is 0.322 e. The molecular weight excluding hydrogens is 216 g/mol. The first kappa shape index (κ1) is 14.0. The molecule has 4 heteroatoms. The lowest BCUT2D eigenvalue weighted by molar-refractivity contribution is -0.123. The molecule has 98 valence electrons. The van der Waals surface area contributed by atoms with Crippen molar-refractivity contribution in [3.8, 4) is 0 Å². The highest BCUT2D eigenvalue weighted by molar-refractivity contribution is 6.06. The van der Waals surface area contributed by atoms with Crippen LogP contribution in [0.1, 0.15) is 65.2 Å². The molecule has 0 aromatic carbocycles. The Hall–Kier alpha value is -1.06. The summed E-state index contributed by atoms with van der Waals surface area (Å²) in [5.41, 5.74) is -0.680. The Morgan fingerprint density at radius 1 is 1.00 bits per heavy atom. The average Bonchev–Trinajstić information content (AvgIpc) is 2.52. The highest BCUT2D eigenvalue weighted by Crippen LogP contribution is 2.19. The van der Waals surface area contributed by atoms with Crippen molar-refractivity contribution in [3.63, 3.8) is 0 Å². The predicted molar refractivity (Wildman–Crippen MR) is 67.7 cm³/mol. The summed E-state index contributed by atoms with van der Waals surface area (Å²) < 4.78 is 0. The van der Waals surface area contributed by atoms with Crippen LogP contribution in [0.15, 0.2) is 0 Å². The van der Waals surface area contributed by atoms with Gasteiger partial charge in [0.2, 0.25) is 0 Å². The number of amides is 3. The van der Waals surface area contributed by atoms with Gasteiger partial charge in [-0.25, -0.2) is 4.79 Å². The van der Waals surface area contributed by atoms with E-state index in [9.17, 15) is 9.59 Å². The van der Waals surface area contributed by atoms with Crippen molar-refractivity contribution in [1.29, 1.82) is 0 Å². The van der Waals surface area contributed by atoms with Gasteiger partial charge in [-0.1, -0.05) is 51.9 Å². The van der Waals surface area contributed by atoms with Crippen LogP contribution in [0.5, 0.6) is 0 Å². The molecule has 3 amide bonds. The molecule has 1 saturated heterocycles. The first-order valence-corrected chi connectivity index (χ1v) is 6.72. The van der Waals surface area contributed by atoms with Crippen molar-refractivity contribution in [2.75, 3.05) is 0 Å². The summed E-state index contributed by atoms with van der Waals surface area (Å²) in [7, 11) is 0. The van der Waals surface area contributed by atoms with Gasteiger partial charge in [0.15, 0.2) is 0 Å². The topological polar surface area (TPSA) is 58.2 Å². The lowest BCUT2D eigenvalue weighted by Crippen LogP contribution is -2.43. The summed E-state index contributed by atoms with van der Waals surface area (Å²) in [4.78, 5) is 22.6. The molecule has 1 atom stereocenters. The van der Waals surface area contributed by atoms with Gasteiger partial charge in [0.25, 0.3) is 5.91 Å². The van der Waals surface area contributed by atoms with Gasteiger partial charge in [0, 0.05) is 0 Å². The Bertz CT molecular complexity index is 279. The van der Waals surface area contributed by atoms with E-state index in [1.807, 2.05) is 0 Å². The molecule has 17 heavy (non-hydrogen) atoms. The van der Waals surface area contributed by atoms with Crippen molar-refractivity contribution in [1.82, 2.24) is 10.6 Å². The monoisotopic (exact) mass is 240 g/mol. The minimum atomic E-state index is -0.680. The average molecular weight is 240 g/mol. The summed E-state index contributed by atoms with van der Waals surface area (Å²) >= 11 is 0. The maximum atomic E-state index is 11.5. The lowest BCUT2D eigenvalue weighted by atomic mass is 9.94. The van der Waals surface area contributed by atoms with E-state index in [-0.39, 0.29) is 11.9 Å². The Kier molecular flexibility index (Phi) is 5.45. The number of rotatable bonds is 8. The minimum Gasteiger partial charge on any atom is -0.324 e. The van der Waals surface area contributed by atoms with Crippen molar-refractivity contribution < 1.29 is 9.59 Å². The number of urea groups is 1. The fraction of sp³-hybridized carbons (Fsp3) is 0.846. The fourth-order valence-corrected chi connectivity index (χ4v) is 2.19. The zero-order valence-corrected chi connectivity index (χ0v) is 11.0. The zero-order chi connectivity index (χ0) is 12.7. The third-order valence-electron chi connectivity index (χ3n) is 3.40. The van der Waals surface area contributed by atoms with Gasteiger partial charge in [-0.2, -0.15) is 0 Å². The minimum absolute atomic E-state index is 0.187. The number of hydrogen-bond acceptors (Lipinski definition) is 2. The Morgan fingerprint density at radius 2 is 1.59 bits per heavy atom. The SMILES string of the molecule is CCCCCCCCC[C@]1(C)NC(=O)NC1=O. The van der Waals surface area contributed by atoms with Gasteiger partial charge in [-0.3, -0.25) is 10.1 Å². The van der Waals surface area contributed by atoms with E-state index in [1.54, 1.807) is 6.92 Å². The van der Waals surface area contributed by atoms with Crippen LogP contribution in [0.25, 0.3) is 0 Å². The highest BCUT2D eigenvalue weighted by Gasteiger charge is 2.40. The summed E-state index contributed by atoms with van der Waals surface area (Å²) in [6.45, 7) is 4.01. The van der Waals surface area contributed by atoms with Gasteiger partial charge in [-0.05, 0) is 13.3 Å². The third kappa shape index (κ3) is 4.36. The summed E-state index contributed by atoms with van der Waals surface area (Å²) in [5.74, 6) is -0.187. The summed E-state index contributed by atoms with van der Waals surface area (Å²) in [6, 6.07) is -0.361. The molecule has 0 aromatic heterocycles. The van der Waals surface area contributed by atoms with Crippen LogP contribution in [0, 0.1) is 0 Å². The Morgan fingerprint density at radius 3 is 2.12 bits per heavy atom. The maximum absolute atomic E-state index is 11.5. The van der Waals surface area contributed by atoms with Crippen molar-refractivity contribution in [3.05, 3.63) is 0 Å². The van der Waals surface area contributed by atoms with Gasteiger partial charge in [0.1, 0.15) is 5.54 Å². The summed E-state index contributed by atoms with van der Waals surface area (Å²) in [5, 5.41) is 4.98. The molecule has 1 aliphatic rings. The van der Waals surface area contributed by atoms with Gasteiger partial charge >= 0.3 is 6.03 Å². The van der Waals surface area contributed by atoms with Gasteiger partial charge in [0.05, 0.1) is 0 Å². The molecule has 2 N–H and O–H groups in total. The Balaban J connectivity index is 2.10. The molecule has 0 bridgehead atoms. The third-order valence-corrected chi connectivity index (χ3v) is 3.40. The van der Waals surface area contributed by atoms with Crippen molar-refractivity contribution in [2.45, 2.75) is 70.8 Å².